The molecule has 0 aliphatic rings. The van der Waals surface area contributed by atoms with E-state index in [9.17, 15) is 0 Å². The minimum atomic E-state index is 0.505. The van der Waals surface area contributed by atoms with E-state index in [1.807, 2.05) is 85.2 Å². The molecule has 9 rings (SSSR count). The maximum Gasteiger partial charge on any atom is 0.238 e. The van der Waals surface area contributed by atoms with Gasteiger partial charge in [-0.3, -0.25) is 14.5 Å². The number of para-hydroxylation sites is 2. The third kappa shape index (κ3) is 3.66. The van der Waals surface area contributed by atoms with Crippen LogP contribution in [0.5, 0.6) is 0 Å². The summed E-state index contributed by atoms with van der Waals surface area (Å²) in [6.45, 7) is 0. The Hall–Kier alpha value is -6.21. The normalized spacial score (nSPS) is 11.6. The van der Waals surface area contributed by atoms with E-state index in [-0.39, 0.29) is 0 Å². The molecule has 0 radical (unpaired) electrons. The van der Waals surface area contributed by atoms with Crippen LogP contribution in [0.2, 0.25) is 0 Å². The van der Waals surface area contributed by atoms with Gasteiger partial charge in [0.1, 0.15) is 16.6 Å². The first-order chi connectivity index (χ1) is 21.8. The Labute approximate surface area is 251 Å². The number of rotatable bonds is 4. The van der Waals surface area contributed by atoms with Crippen molar-refractivity contribution in [3.63, 3.8) is 0 Å². The van der Waals surface area contributed by atoms with Gasteiger partial charge in [-0.1, -0.05) is 97.1 Å². The van der Waals surface area contributed by atoms with Gasteiger partial charge in [-0.2, -0.15) is 9.97 Å². The van der Waals surface area contributed by atoms with Crippen LogP contribution in [0.25, 0.3) is 78.3 Å². The first kappa shape index (κ1) is 24.4. The second-order valence-corrected chi connectivity index (χ2v) is 10.6. The third-order valence-electron chi connectivity index (χ3n) is 8.06. The van der Waals surface area contributed by atoms with Gasteiger partial charge in [0.15, 0.2) is 11.6 Å². The summed E-state index contributed by atoms with van der Waals surface area (Å²) in [6.07, 6.45) is 3.78. The monoisotopic (exact) mass is 565 g/mol. The Morgan fingerprint density at radius 1 is 0.432 bits per heavy atom. The summed E-state index contributed by atoms with van der Waals surface area (Å²) in [5.41, 5.74) is 8.33. The topological polar surface area (TPSA) is 74.3 Å². The molecule has 0 fully saturated rings. The van der Waals surface area contributed by atoms with E-state index in [0.29, 0.717) is 17.6 Å². The second kappa shape index (κ2) is 9.68. The SMILES string of the molecule is c1ccc(-c2nc(-c3ccccc3)nc(-n3c4cccnc4c4ncc5c6ccccc6n(-c6ccccc6)c5c43)n2)cc1. The lowest BCUT2D eigenvalue weighted by Gasteiger charge is -2.12. The molecule has 7 nitrogen and oxygen atoms in total. The first-order valence-electron chi connectivity index (χ1n) is 14.5. The largest absolute Gasteiger partial charge is 0.307 e. The van der Waals surface area contributed by atoms with Crippen LogP contribution in [0.3, 0.4) is 0 Å². The van der Waals surface area contributed by atoms with Crippen LogP contribution in [0.1, 0.15) is 0 Å². The van der Waals surface area contributed by atoms with Crippen molar-refractivity contribution in [1.29, 1.82) is 0 Å². The first-order valence-corrected chi connectivity index (χ1v) is 14.5. The molecule has 0 bridgehead atoms. The molecule has 44 heavy (non-hydrogen) atoms. The maximum absolute atomic E-state index is 5.11. The fourth-order valence-electron chi connectivity index (χ4n) is 6.15. The van der Waals surface area contributed by atoms with E-state index in [0.717, 1.165) is 60.7 Å². The quantitative estimate of drug-likeness (QED) is 0.215. The van der Waals surface area contributed by atoms with Gasteiger partial charge in [0.2, 0.25) is 5.95 Å². The molecule has 5 heterocycles. The van der Waals surface area contributed by atoms with Crippen molar-refractivity contribution < 1.29 is 0 Å². The highest BCUT2D eigenvalue weighted by atomic mass is 15.2. The highest BCUT2D eigenvalue weighted by molar-refractivity contribution is 6.21. The van der Waals surface area contributed by atoms with Crippen LogP contribution in [0.4, 0.5) is 0 Å². The lowest BCUT2D eigenvalue weighted by atomic mass is 10.2. The van der Waals surface area contributed by atoms with Crippen LogP contribution in [-0.4, -0.2) is 34.1 Å². The molecule has 7 heteroatoms. The van der Waals surface area contributed by atoms with Gasteiger partial charge < -0.3 is 4.57 Å². The Morgan fingerprint density at radius 3 is 1.75 bits per heavy atom. The third-order valence-corrected chi connectivity index (χ3v) is 8.06. The zero-order valence-electron chi connectivity index (χ0n) is 23.4. The number of benzene rings is 4. The maximum atomic E-state index is 5.11. The Balaban J connectivity index is 1.48. The van der Waals surface area contributed by atoms with Gasteiger partial charge in [0, 0.05) is 40.0 Å². The molecule has 5 aromatic heterocycles. The summed E-state index contributed by atoms with van der Waals surface area (Å²) < 4.78 is 4.41. The van der Waals surface area contributed by atoms with Gasteiger partial charge in [-0.25, -0.2) is 4.98 Å². The molecule has 0 aliphatic heterocycles. The zero-order valence-corrected chi connectivity index (χ0v) is 23.4. The minimum Gasteiger partial charge on any atom is -0.307 e. The molecule has 0 unspecified atom stereocenters. The second-order valence-electron chi connectivity index (χ2n) is 10.6. The summed E-state index contributed by atoms with van der Waals surface area (Å²) in [7, 11) is 0. The van der Waals surface area contributed by atoms with Crippen LogP contribution in [-0.2, 0) is 0 Å². The molecule has 4 aromatic carbocycles. The Kier molecular flexibility index (Phi) is 5.36. The molecule has 9 aromatic rings. The van der Waals surface area contributed by atoms with Crippen LogP contribution in [0, 0.1) is 0 Å². The van der Waals surface area contributed by atoms with Crippen LogP contribution in [0.15, 0.2) is 140 Å². The molecule has 0 spiro atoms. The average molecular weight is 566 g/mol. The summed E-state index contributed by atoms with van der Waals surface area (Å²) >= 11 is 0. The molecular formula is C37H23N7. The molecule has 0 atom stereocenters. The molecular weight excluding hydrogens is 542 g/mol. The molecule has 0 N–H and O–H groups in total. The average Bonchev–Trinajstić information content (AvgIpc) is 3.62. The molecule has 206 valence electrons. The highest BCUT2D eigenvalue weighted by Gasteiger charge is 2.24. The number of hydrogen-bond donors (Lipinski definition) is 0. The van der Waals surface area contributed by atoms with Gasteiger partial charge in [0.25, 0.3) is 0 Å². The summed E-state index contributed by atoms with van der Waals surface area (Å²) in [4.78, 5) is 25.0. The van der Waals surface area contributed by atoms with Crippen molar-refractivity contribution in [3.8, 4) is 34.4 Å². The van der Waals surface area contributed by atoms with Gasteiger partial charge in [-0.15, -0.1) is 0 Å². The van der Waals surface area contributed by atoms with Crippen LogP contribution < -0.4 is 0 Å². The molecule has 0 saturated heterocycles. The van der Waals surface area contributed by atoms with E-state index in [2.05, 4.69) is 63.7 Å². The molecule has 0 aliphatic carbocycles. The van der Waals surface area contributed by atoms with Crippen molar-refractivity contribution in [2.75, 3.05) is 0 Å². The smallest absolute Gasteiger partial charge is 0.238 e. The standard InChI is InChI=1S/C37H23N7/c1-4-13-24(14-5-1)35-40-36(25-15-6-2-7-16-25)42-37(41-35)44-30-21-12-22-38-31(30)32-34(44)33-28(23-39-32)27-19-10-11-20-29(27)43(33)26-17-8-3-9-18-26/h1-23H. The Morgan fingerprint density at radius 2 is 1.05 bits per heavy atom. The molecule has 0 amide bonds. The zero-order chi connectivity index (χ0) is 29.0. The summed E-state index contributed by atoms with van der Waals surface area (Å²) in [5, 5.41) is 2.16. The predicted molar refractivity (Wildman–Crippen MR) is 175 cm³/mol. The predicted octanol–water partition coefficient (Wildman–Crippen LogP) is 8.19. The van der Waals surface area contributed by atoms with Crippen molar-refractivity contribution >= 4 is 43.9 Å². The number of pyridine rings is 2. The van der Waals surface area contributed by atoms with Crippen molar-refractivity contribution in [3.05, 3.63) is 140 Å². The van der Waals surface area contributed by atoms with E-state index in [1.54, 1.807) is 0 Å². The lowest BCUT2D eigenvalue weighted by Crippen LogP contribution is -2.07. The van der Waals surface area contributed by atoms with E-state index < -0.39 is 0 Å². The van der Waals surface area contributed by atoms with Gasteiger partial charge in [-0.05, 0) is 30.3 Å². The van der Waals surface area contributed by atoms with Crippen molar-refractivity contribution in [1.82, 2.24) is 34.1 Å². The van der Waals surface area contributed by atoms with Gasteiger partial charge >= 0.3 is 0 Å². The summed E-state index contributed by atoms with van der Waals surface area (Å²) in [5.74, 6) is 1.69. The highest BCUT2D eigenvalue weighted by Crippen LogP contribution is 2.39. The fourth-order valence-corrected chi connectivity index (χ4v) is 6.15. The van der Waals surface area contributed by atoms with Crippen molar-refractivity contribution in [2.45, 2.75) is 0 Å². The minimum absolute atomic E-state index is 0.505. The number of aromatic nitrogens is 7. The fraction of sp³-hybridized carbons (Fsp3) is 0. The van der Waals surface area contributed by atoms with E-state index >= 15 is 0 Å². The molecule has 0 saturated carbocycles. The van der Waals surface area contributed by atoms with Crippen LogP contribution >= 0.6 is 0 Å². The summed E-state index contributed by atoms with van der Waals surface area (Å²) in [6, 6.07) is 43.0. The number of nitrogens with zero attached hydrogens (tertiary/aromatic N) is 7. The van der Waals surface area contributed by atoms with E-state index in [4.69, 9.17) is 24.9 Å². The number of hydrogen-bond acceptors (Lipinski definition) is 5. The lowest BCUT2D eigenvalue weighted by molar-refractivity contribution is 0.952. The number of fused-ring (bicyclic) bond motifs is 7. The van der Waals surface area contributed by atoms with Gasteiger partial charge in [0.05, 0.1) is 16.6 Å². The Bertz CT molecular complexity index is 2420. The van der Waals surface area contributed by atoms with Crippen molar-refractivity contribution in [2.24, 2.45) is 0 Å². The van der Waals surface area contributed by atoms with E-state index in [1.165, 1.54) is 0 Å².